The van der Waals surface area contributed by atoms with Gasteiger partial charge in [-0.25, -0.2) is 8.42 Å². The van der Waals surface area contributed by atoms with Gasteiger partial charge in [-0.05, 0) is 56.9 Å². The number of sulfonamides is 1. The molecule has 1 heterocycles. The SMILES string of the molecule is CC(=O)CN1CCN(S(=O)(=O)c2ccc(OC3CCCC3)cc2)CC1. The molecule has 2 aliphatic rings. The largest absolute Gasteiger partial charge is 0.490 e. The summed E-state index contributed by atoms with van der Waals surface area (Å²) in [6.45, 7) is 3.94. The molecule has 0 amide bonds. The number of Topliss-reactive ketones (excluding diaryl/α,β-unsaturated/α-hetero) is 1. The molecule has 0 aromatic heterocycles. The van der Waals surface area contributed by atoms with Crippen LogP contribution >= 0.6 is 0 Å². The molecule has 138 valence electrons. The van der Waals surface area contributed by atoms with Crippen molar-refractivity contribution in [3.63, 3.8) is 0 Å². The lowest BCUT2D eigenvalue weighted by Gasteiger charge is -2.33. The third-order valence-electron chi connectivity index (χ3n) is 4.84. The molecule has 1 aliphatic heterocycles. The standard InChI is InChI=1S/C18H26N2O4S/c1-15(21)14-19-10-12-20(13-11-19)25(22,23)18-8-6-17(7-9-18)24-16-4-2-3-5-16/h6-9,16H,2-5,10-14H2,1H3. The first-order valence-electron chi connectivity index (χ1n) is 8.94. The van der Waals surface area contributed by atoms with Gasteiger partial charge in [-0.15, -0.1) is 0 Å². The van der Waals surface area contributed by atoms with Crippen molar-refractivity contribution in [2.75, 3.05) is 32.7 Å². The monoisotopic (exact) mass is 366 g/mol. The molecule has 0 bridgehead atoms. The molecule has 1 saturated heterocycles. The van der Waals surface area contributed by atoms with E-state index in [4.69, 9.17) is 4.74 Å². The maximum Gasteiger partial charge on any atom is 0.243 e. The van der Waals surface area contributed by atoms with Gasteiger partial charge >= 0.3 is 0 Å². The maximum absolute atomic E-state index is 12.8. The number of benzene rings is 1. The average molecular weight is 366 g/mol. The minimum absolute atomic E-state index is 0.106. The van der Waals surface area contributed by atoms with Crippen molar-refractivity contribution in [1.82, 2.24) is 9.21 Å². The Morgan fingerprint density at radius 1 is 1.08 bits per heavy atom. The van der Waals surface area contributed by atoms with Gasteiger partial charge in [0.2, 0.25) is 10.0 Å². The number of rotatable bonds is 6. The Bertz CT molecular complexity index is 688. The van der Waals surface area contributed by atoms with Crippen molar-refractivity contribution in [2.45, 2.75) is 43.6 Å². The lowest BCUT2D eigenvalue weighted by atomic mass is 10.3. The summed E-state index contributed by atoms with van der Waals surface area (Å²) < 4.78 is 32.9. The third kappa shape index (κ3) is 4.59. The van der Waals surface area contributed by atoms with Crippen LogP contribution in [0, 0.1) is 0 Å². The molecule has 2 fully saturated rings. The smallest absolute Gasteiger partial charge is 0.243 e. The van der Waals surface area contributed by atoms with E-state index in [2.05, 4.69) is 0 Å². The number of carbonyl (C=O) groups excluding carboxylic acids is 1. The van der Waals surface area contributed by atoms with Crippen LogP contribution in [0.2, 0.25) is 0 Å². The quantitative estimate of drug-likeness (QED) is 0.769. The predicted molar refractivity (Wildman–Crippen MR) is 95.2 cm³/mol. The maximum atomic E-state index is 12.8. The zero-order valence-corrected chi connectivity index (χ0v) is 15.5. The predicted octanol–water partition coefficient (Wildman–Crippen LogP) is 1.90. The molecule has 0 atom stereocenters. The second-order valence-electron chi connectivity index (χ2n) is 6.88. The summed E-state index contributed by atoms with van der Waals surface area (Å²) in [4.78, 5) is 13.5. The molecular weight excluding hydrogens is 340 g/mol. The van der Waals surface area contributed by atoms with Crippen molar-refractivity contribution in [3.8, 4) is 5.75 Å². The van der Waals surface area contributed by atoms with Crippen LogP contribution in [-0.2, 0) is 14.8 Å². The number of ether oxygens (including phenoxy) is 1. The molecule has 1 aromatic rings. The summed E-state index contributed by atoms with van der Waals surface area (Å²) in [6, 6.07) is 6.75. The number of nitrogens with zero attached hydrogens (tertiary/aromatic N) is 2. The fraction of sp³-hybridized carbons (Fsp3) is 0.611. The Kier molecular flexibility index (Phi) is 5.76. The molecule has 1 aromatic carbocycles. The molecule has 0 unspecified atom stereocenters. The first-order chi connectivity index (χ1) is 11.9. The molecule has 1 aliphatic carbocycles. The third-order valence-corrected chi connectivity index (χ3v) is 6.76. The van der Waals surface area contributed by atoms with E-state index in [1.54, 1.807) is 31.2 Å². The van der Waals surface area contributed by atoms with Crippen LogP contribution in [0.25, 0.3) is 0 Å². The van der Waals surface area contributed by atoms with Crippen LogP contribution in [0.3, 0.4) is 0 Å². The van der Waals surface area contributed by atoms with E-state index in [1.807, 2.05) is 4.90 Å². The Morgan fingerprint density at radius 3 is 2.24 bits per heavy atom. The van der Waals surface area contributed by atoms with Crippen LogP contribution in [0.15, 0.2) is 29.2 Å². The Morgan fingerprint density at radius 2 is 1.68 bits per heavy atom. The summed E-state index contributed by atoms with van der Waals surface area (Å²) in [5.74, 6) is 0.839. The number of ketones is 1. The van der Waals surface area contributed by atoms with E-state index >= 15 is 0 Å². The van der Waals surface area contributed by atoms with E-state index in [9.17, 15) is 13.2 Å². The van der Waals surface area contributed by atoms with E-state index < -0.39 is 10.0 Å². The van der Waals surface area contributed by atoms with E-state index in [0.29, 0.717) is 37.6 Å². The molecule has 25 heavy (non-hydrogen) atoms. The van der Waals surface area contributed by atoms with Crippen molar-refractivity contribution in [3.05, 3.63) is 24.3 Å². The Balaban J connectivity index is 1.61. The summed E-state index contributed by atoms with van der Waals surface area (Å²) in [5, 5.41) is 0. The zero-order valence-electron chi connectivity index (χ0n) is 14.7. The van der Waals surface area contributed by atoms with Crippen LogP contribution < -0.4 is 4.74 Å². The average Bonchev–Trinajstić information content (AvgIpc) is 3.08. The van der Waals surface area contributed by atoms with Gasteiger partial charge in [-0.3, -0.25) is 9.69 Å². The second kappa shape index (κ2) is 7.85. The molecule has 7 heteroatoms. The normalized spacial score (nSPS) is 20.7. The Labute approximate surface area is 149 Å². The highest BCUT2D eigenvalue weighted by atomic mass is 32.2. The van der Waals surface area contributed by atoms with Crippen LogP contribution in [0.4, 0.5) is 0 Å². The van der Waals surface area contributed by atoms with Crippen molar-refractivity contribution in [2.24, 2.45) is 0 Å². The first kappa shape index (κ1) is 18.4. The number of hydrogen-bond acceptors (Lipinski definition) is 5. The number of carbonyl (C=O) groups is 1. The van der Waals surface area contributed by atoms with Gasteiger partial charge in [0.05, 0.1) is 17.5 Å². The molecule has 3 rings (SSSR count). The Hall–Kier alpha value is -1.44. The summed E-state index contributed by atoms with van der Waals surface area (Å²) in [5.41, 5.74) is 0. The molecular formula is C18H26N2O4S. The lowest BCUT2D eigenvalue weighted by molar-refractivity contribution is -0.118. The van der Waals surface area contributed by atoms with Crippen molar-refractivity contribution in [1.29, 1.82) is 0 Å². The minimum Gasteiger partial charge on any atom is -0.490 e. The topological polar surface area (TPSA) is 66.9 Å². The van der Waals surface area contributed by atoms with Crippen molar-refractivity contribution < 1.29 is 17.9 Å². The minimum atomic E-state index is -3.49. The van der Waals surface area contributed by atoms with Crippen LogP contribution in [-0.4, -0.2) is 62.2 Å². The molecule has 0 N–H and O–H groups in total. The highest BCUT2D eigenvalue weighted by Crippen LogP contribution is 2.26. The van der Waals surface area contributed by atoms with Crippen LogP contribution in [0.5, 0.6) is 5.75 Å². The highest BCUT2D eigenvalue weighted by molar-refractivity contribution is 7.89. The lowest BCUT2D eigenvalue weighted by Crippen LogP contribution is -2.49. The molecule has 0 radical (unpaired) electrons. The summed E-state index contributed by atoms with van der Waals surface area (Å²) in [7, 11) is -3.49. The van der Waals surface area contributed by atoms with E-state index in [-0.39, 0.29) is 11.9 Å². The van der Waals surface area contributed by atoms with Gasteiger partial charge < -0.3 is 4.74 Å². The highest BCUT2D eigenvalue weighted by Gasteiger charge is 2.28. The fourth-order valence-electron chi connectivity index (χ4n) is 3.48. The molecule has 6 nitrogen and oxygen atoms in total. The summed E-state index contributed by atoms with van der Waals surface area (Å²) in [6.07, 6.45) is 4.81. The van der Waals surface area contributed by atoms with Gasteiger partial charge in [-0.1, -0.05) is 0 Å². The van der Waals surface area contributed by atoms with Gasteiger partial charge in [0.15, 0.2) is 0 Å². The molecule has 1 saturated carbocycles. The number of piperazine rings is 1. The van der Waals surface area contributed by atoms with Gasteiger partial charge in [0.1, 0.15) is 11.5 Å². The molecule has 0 spiro atoms. The van der Waals surface area contributed by atoms with Crippen molar-refractivity contribution >= 4 is 15.8 Å². The van der Waals surface area contributed by atoms with Crippen LogP contribution in [0.1, 0.15) is 32.6 Å². The van der Waals surface area contributed by atoms with E-state index in [0.717, 1.165) is 18.6 Å². The first-order valence-corrected chi connectivity index (χ1v) is 10.4. The fourth-order valence-corrected chi connectivity index (χ4v) is 4.90. The van der Waals surface area contributed by atoms with Gasteiger partial charge in [0.25, 0.3) is 0 Å². The van der Waals surface area contributed by atoms with E-state index in [1.165, 1.54) is 17.1 Å². The van der Waals surface area contributed by atoms with Gasteiger partial charge in [0, 0.05) is 26.2 Å². The number of hydrogen-bond donors (Lipinski definition) is 0. The zero-order chi connectivity index (χ0) is 17.9. The van der Waals surface area contributed by atoms with Gasteiger partial charge in [-0.2, -0.15) is 4.31 Å². The second-order valence-corrected chi connectivity index (χ2v) is 8.82. The summed E-state index contributed by atoms with van der Waals surface area (Å²) >= 11 is 0.